The molecule has 1 aromatic heterocycles. The molecule has 0 bridgehead atoms. The van der Waals surface area contributed by atoms with Gasteiger partial charge in [-0.25, -0.2) is 0 Å². The monoisotopic (exact) mass is 396 g/mol. The zero-order chi connectivity index (χ0) is 25.8. The molecule has 6 rings (SSSR count). The van der Waals surface area contributed by atoms with Crippen molar-refractivity contribution in [3.8, 4) is 11.5 Å². The van der Waals surface area contributed by atoms with Gasteiger partial charge in [-0.3, -0.25) is 9.59 Å². The van der Waals surface area contributed by atoms with Crippen LogP contribution in [0.4, 0.5) is 0 Å². The number of rotatable bonds is 1. The normalized spacial score (nSPS) is 33.6. The largest absolute Gasteiger partial charge is 0.454 e. The molecule has 1 fully saturated rings. The van der Waals surface area contributed by atoms with Crippen LogP contribution in [0.3, 0.4) is 0 Å². The van der Waals surface area contributed by atoms with Gasteiger partial charge in [0, 0.05) is 34.1 Å². The molecule has 2 aromatic carbocycles. The van der Waals surface area contributed by atoms with Gasteiger partial charge < -0.3 is 24.3 Å². The van der Waals surface area contributed by atoms with Crippen LogP contribution in [0, 0.1) is 0 Å². The third-order valence-electron chi connectivity index (χ3n) is 5.39. The number of fused-ring (bicyclic) bond motifs is 5. The highest BCUT2D eigenvalue weighted by molar-refractivity contribution is 5.97. The summed E-state index contributed by atoms with van der Waals surface area (Å²) in [5, 5.41) is 0.602. The van der Waals surface area contributed by atoms with Crippen molar-refractivity contribution in [3.63, 3.8) is 0 Å². The number of benzene rings is 2. The molecule has 0 aliphatic carbocycles. The second-order valence-electron chi connectivity index (χ2n) is 6.96. The van der Waals surface area contributed by atoms with E-state index in [9.17, 15) is 12.3 Å². The Morgan fingerprint density at radius 2 is 2.07 bits per heavy atom. The minimum atomic E-state index is -3.33. The van der Waals surface area contributed by atoms with Crippen molar-refractivity contribution in [3.05, 3.63) is 59.3 Å². The lowest BCUT2D eigenvalue weighted by atomic mass is 9.86. The Morgan fingerprint density at radius 3 is 2.97 bits per heavy atom. The number of carbonyl (C=O) groups is 2. The predicted octanol–water partition coefficient (Wildman–Crippen LogP) is 2.21. The van der Waals surface area contributed by atoms with Crippen molar-refractivity contribution < 1.29 is 28.7 Å². The molecule has 29 heavy (non-hydrogen) atoms. The van der Waals surface area contributed by atoms with Crippen molar-refractivity contribution >= 4 is 22.7 Å². The maximum atomic E-state index is 13.7. The van der Waals surface area contributed by atoms with Gasteiger partial charge in [-0.1, -0.05) is 24.3 Å². The molecule has 0 unspecified atom stereocenters. The molecule has 0 radical (unpaired) electrons. The van der Waals surface area contributed by atoms with E-state index >= 15 is 0 Å². The molecule has 3 aromatic rings. The molecule has 7 nitrogen and oxygen atoms in total. The Kier molecular flexibility index (Phi) is 2.17. The van der Waals surface area contributed by atoms with Gasteiger partial charge in [0.1, 0.15) is 6.02 Å². The Morgan fingerprint density at radius 1 is 1.21 bits per heavy atom. The zero-order valence-corrected chi connectivity index (χ0v) is 15.0. The molecule has 0 spiro atoms. The molecule has 3 aliphatic rings. The number of hydrogen-bond donors (Lipinski definition) is 1. The van der Waals surface area contributed by atoms with Crippen LogP contribution in [0.15, 0.2) is 42.5 Å². The number of aromatic amines is 1. The predicted molar refractivity (Wildman–Crippen MR) is 105 cm³/mol. The number of likely N-dealkylation sites (N-methyl/N-ethyl adjacent to an activating group) is 1. The first-order valence-electron chi connectivity index (χ1n) is 12.5. The number of amides is 2. The minimum Gasteiger partial charge on any atom is -0.454 e. The number of piperazine rings is 1. The van der Waals surface area contributed by atoms with E-state index in [1.807, 2.05) is 0 Å². The maximum absolute atomic E-state index is 13.7. The first-order valence-corrected chi connectivity index (χ1v) is 9.01. The molecule has 3 aliphatic heterocycles. The highest BCUT2D eigenvalue weighted by atomic mass is 16.7. The van der Waals surface area contributed by atoms with Gasteiger partial charge in [-0.15, -0.1) is 0 Å². The molecular formula is C22H19N3O4. The summed E-state index contributed by atoms with van der Waals surface area (Å²) in [7, 11) is 0. The van der Waals surface area contributed by atoms with Crippen LogP contribution in [0.25, 0.3) is 10.9 Å². The number of aromatic nitrogens is 1. The van der Waals surface area contributed by atoms with Crippen LogP contribution in [0.2, 0.25) is 0 Å². The van der Waals surface area contributed by atoms with Gasteiger partial charge >= 0.3 is 0 Å². The van der Waals surface area contributed by atoms with E-state index in [1.165, 1.54) is 18.2 Å². The van der Waals surface area contributed by atoms with Crippen molar-refractivity contribution in [2.45, 2.75) is 18.5 Å². The van der Waals surface area contributed by atoms with Gasteiger partial charge in [0.25, 0.3) is 0 Å². The summed E-state index contributed by atoms with van der Waals surface area (Å²) in [6.45, 7) is -6.72. The summed E-state index contributed by atoms with van der Waals surface area (Å²) in [6.07, 6.45) is -0.440. The third kappa shape index (κ3) is 2.24. The van der Waals surface area contributed by atoms with E-state index in [0.717, 1.165) is 0 Å². The number of para-hydroxylation sites is 1. The van der Waals surface area contributed by atoms with Crippen LogP contribution in [-0.4, -0.2) is 52.9 Å². The van der Waals surface area contributed by atoms with E-state index in [1.54, 1.807) is 24.3 Å². The SMILES string of the molecule is [2H]C([2H])([2H])N1C(=O)[C@@]2([2H])Cc3c([nH]c4ccccc34)[C@@]([2H])(c3ccc4c(c3)OCO4)N2C(=O)C1([2H])[2H]. The highest BCUT2D eigenvalue weighted by Gasteiger charge is 2.47. The average Bonchev–Trinajstić information content (AvgIpc) is 3.41. The van der Waals surface area contributed by atoms with Crippen molar-refractivity contribution in [2.75, 3.05) is 20.3 Å². The van der Waals surface area contributed by atoms with Crippen molar-refractivity contribution in [2.24, 2.45) is 0 Å². The molecule has 1 N–H and O–H groups in total. The van der Waals surface area contributed by atoms with E-state index in [0.29, 0.717) is 27.1 Å². The van der Waals surface area contributed by atoms with E-state index in [4.69, 9.17) is 16.3 Å². The second-order valence-corrected chi connectivity index (χ2v) is 6.96. The molecular weight excluding hydrogens is 370 g/mol. The number of nitrogens with zero attached hydrogens (tertiary/aromatic N) is 2. The van der Waals surface area contributed by atoms with Gasteiger partial charge in [-0.05, 0) is 29.3 Å². The van der Waals surface area contributed by atoms with Gasteiger partial charge in [0.2, 0.25) is 18.6 Å². The number of H-pyrrole nitrogens is 1. The summed E-state index contributed by atoms with van der Waals surface area (Å²) in [6, 6.07) is 6.49. The number of nitrogens with one attached hydrogen (secondary N) is 1. The molecule has 1 saturated heterocycles. The number of ether oxygens (including phenoxy) is 2. The van der Waals surface area contributed by atoms with Crippen LogP contribution in [0.5, 0.6) is 11.5 Å². The minimum absolute atomic E-state index is 0.0545. The fraction of sp³-hybridized carbons (Fsp3) is 0.273. The molecule has 0 saturated carbocycles. The van der Waals surface area contributed by atoms with E-state index in [-0.39, 0.29) is 28.7 Å². The second kappa shape index (κ2) is 5.76. The maximum Gasteiger partial charge on any atom is 0.245 e. The topological polar surface area (TPSA) is 74.9 Å². The summed E-state index contributed by atoms with van der Waals surface area (Å²) in [5.41, 5.74) is 1.25. The molecule has 2 atom stereocenters. The van der Waals surface area contributed by atoms with Crippen molar-refractivity contribution in [1.29, 1.82) is 0 Å². The Labute approximate surface area is 176 Å². The van der Waals surface area contributed by atoms with Crippen LogP contribution in [0.1, 0.15) is 32.4 Å². The number of carbonyl (C=O) groups excluding carboxylic acids is 2. The molecule has 146 valence electrons. The summed E-state index contributed by atoms with van der Waals surface area (Å²) < 4.78 is 69.6. The number of hydrogen-bond acceptors (Lipinski definition) is 4. The zero-order valence-electron chi connectivity index (χ0n) is 22.0. The third-order valence-corrected chi connectivity index (χ3v) is 5.39. The Bertz CT molecular complexity index is 1470. The molecule has 7 heteroatoms. The quantitative estimate of drug-likeness (QED) is 0.684. The van der Waals surface area contributed by atoms with Crippen LogP contribution < -0.4 is 9.47 Å². The summed E-state index contributed by atoms with van der Waals surface area (Å²) in [5.74, 6) is -2.23. The summed E-state index contributed by atoms with van der Waals surface area (Å²) in [4.78, 5) is 30.9. The molecule has 2 amide bonds. The van der Waals surface area contributed by atoms with Crippen LogP contribution >= 0.6 is 0 Å². The van der Waals surface area contributed by atoms with Crippen molar-refractivity contribution in [1.82, 2.24) is 14.8 Å². The van der Waals surface area contributed by atoms with Gasteiger partial charge in [0.15, 0.2) is 11.5 Å². The van der Waals surface area contributed by atoms with Gasteiger partial charge in [-0.2, -0.15) is 0 Å². The fourth-order valence-electron chi connectivity index (χ4n) is 4.12. The van der Waals surface area contributed by atoms with Crippen LogP contribution in [-0.2, 0) is 16.0 Å². The summed E-state index contributed by atoms with van der Waals surface area (Å²) >= 11 is 0. The first kappa shape index (κ1) is 10.9. The van der Waals surface area contributed by atoms with E-state index in [2.05, 4.69) is 4.98 Å². The Balaban J connectivity index is 1.68. The van der Waals surface area contributed by atoms with E-state index < -0.39 is 43.7 Å². The van der Waals surface area contributed by atoms with Gasteiger partial charge in [0.05, 0.1) is 18.0 Å². The Hall–Kier alpha value is -3.48. The lowest BCUT2D eigenvalue weighted by Gasteiger charge is -2.46. The lowest BCUT2D eigenvalue weighted by Crippen LogP contribution is -2.62. The first-order chi connectivity index (χ1) is 16.8. The lowest BCUT2D eigenvalue weighted by molar-refractivity contribution is -0.157. The highest BCUT2D eigenvalue weighted by Crippen LogP contribution is 2.44. The molecule has 4 heterocycles. The fourth-order valence-corrected chi connectivity index (χ4v) is 4.12. The standard InChI is InChI=1S/C22H19N3O4/c1-24-10-19(26)25-16(22(24)27)9-14-13-4-2-3-5-15(13)23-20(14)21(25)12-6-7-17-18(8-12)29-11-28-17/h2-8,16,21,23H,9-11H2,1H3/t16-,21-/m1/s1/i1D3,10D2,16D,21D. The average molecular weight is 396 g/mol. The smallest absolute Gasteiger partial charge is 0.245 e.